The fraction of sp³-hybridized carbons (Fsp3) is 0.333. The minimum absolute atomic E-state index is 0.0904. The Kier molecular flexibility index (Phi) is 10.0. The van der Waals surface area contributed by atoms with Crippen LogP contribution in [0.4, 0.5) is 5.69 Å². The van der Waals surface area contributed by atoms with Gasteiger partial charge in [-0.15, -0.1) is 0 Å². The first-order chi connectivity index (χ1) is 14.7. The van der Waals surface area contributed by atoms with Crippen LogP contribution in [0.15, 0.2) is 57.9 Å². The number of nitrogens with one attached hydrogen (secondary N) is 2. The second-order valence-electron chi connectivity index (χ2n) is 6.67. The maximum Gasteiger partial charge on any atom is 0.305 e. The van der Waals surface area contributed by atoms with E-state index in [-0.39, 0.29) is 17.3 Å². The Morgan fingerprint density at radius 3 is 2.32 bits per heavy atom. The molecule has 7 nitrogen and oxygen atoms in total. The van der Waals surface area contributed by atoms with Crippen LogP contribution < -0.4 is 10.0 Å². The molecule has 0 aliphatic heterocycles. The number of amides is 1. The van der Waals surface area contributed by atoms with Gasteiger partial charge in [0.25, 0.3) is 0 Å². The molecule has 0 fully saturated rings. The van der Waals surface area contributed by atoms with Crippen LogP contribution in [-0.2, 0) is 30.8 Å². The number of hydrogen-bond acceptors (Lipinski definition) is 6. The van der Waals surface area contributed by atoms with Crippen molar-refractivity contribution in [2.75, 3.05) is 24.4 Å². The van der Waals surface area contributed by atoms with E-state index in [2.05, 4.69) is 30.7 Å². The van der Waals surface area contributed by atoms with E-state index in [1.165, 1.54) is 31.0 Å². The van der Waals surface area contributed by atoms with Crippen LogP contribution in [-0.4, -0.2) is 45.5 Å². The average Bonchev–Trinajstić information content (AvgIpc) is 2.76. The van der Waals surface area contributed by atoms with Gasteiger partial charge < -0.3 is 10.1 Å². The molecule has 0 unspecified atom stereocenters. The molecule has 1 amide bonds. The summed E-state index contributed by atoms with van der Waals surface area (Å²) in [7, 11) is -2.51. The number of rotatable bonds is 11. The zero-order valence-electron chi connectivity index (χ0n) is 17.3. The number of hydrogen-bond donors (Lipinski definition) is 2. The lowest BCUT2D eigenvalue weighted by molar-refractivity contribution is -0.140. The molecule has 0 aromatic heterocycles. The summed E-state index contributed by atoms with van der Waals surface area (Å²) in [5.74, 6) is -0.0999. The summed E-state index contributed by atoms with van der Waals surface area (Å²) in [5.41, 5.74) is 1.47. The first-order valence-corrected chi connectivity index (χ1v) is 13.2. The van der Waals surface area contributed by atoms with Crippen LogP contribution in [0.3, 0.4) is 0 Å². The van der Waals surface area contributed by atoms with Crippen molar-refractivity contribution in [1.29, 1.82) is 0 Å². The maximum absolute atomic E-state index is 12.8. The Bertz CT molecular complexity index is 980. The number of aryl methyl sites for hydroxylation is 1. The topological polar surface area (TPSA) is 102 Å². The van der Waals surface area contributed by atoms with E-state index < -0.39 is 22.0 Å². The molecule has 1 atom stereocenters. The largest absolute Gasteiger partial charge is 0.469 e. The molecule has 0 saturated heterocycles. The number of anilines is 1. The molecule has 0 saturated carbocycles. The molecule has 10 heteroatoms. The first kappa shape index (κ1) is 25.4. The maximum atomic E-state index is 12.8. The molecule has 2 aromatic rings. The number of ether oxygens (including phenoxy) is 1. The monoisotopic (exact) mass is 528 g/mol. The number of esters is 1. The minimum atomic E-state index is -3.85. The van der Waals surface area contributed by atoms with Gasteiger partial charge >= 0.3 is 5.97 Å². The van der Waals surface area contributed by atoms with E-state index in [9.17, 15) is 18.0 Å². The lowest BCUT2D eigenvalue weighted by Crippen LogP contribution is -2.44. The molecule has 0 bridgehead atoms. The first-order valence-electron chi connectivity index (χ1n) is 9.48. The molecule has 2 aromatic carbocycles. The standard InChI is InChI=1S/C21H25BrN2O5S2/c1-29-20(25)12-5-15-3-8-17(9-4-15)23-21(26)19(13-14-30-2)24-31(27,28)18-10-6-16(22)7-11-18/h3-4,6-11,19,24H,5,12-14H2,1-2H3,(H,23,26)/t19-/m0/s1. The Morgan fingerprint density at radius 1 is 1.10 bits per heavy atom. The molecule has 0 aliphatic rings. The number of methoxy groups -OCH3 is 1. The highest BCUT2D eigenvalue weighted by Gasteiger charge is 2.25. The van der Waals surface area contributed by atoms with Crippen molar-refractivity contribution in [2.45, 2.75) is 30.2 Å². The highest BCUT2D eigenvalue weighted by molar-refractivity contribution is 9.10. The summed E-state index contributed by atoms with van der Waals surface area (Å²) < 4.78 is 33.3. The third-order valence-electron chi connectivity index (χ3n) is 4.42. The molecule has 31 heavy (non-hydrogen) atoms. The summed E-state index contributed by atoms with van der Waals surface area (Å²) >= 11 is 4.81. The third-order valence-corrected chi connectivity index (χ3v) is 7.08. The number of thioether (sulfide) groups is 1. The van der Waals surface area contributed by atoms with Gasteiger partial charge in [0.05, 0.1) is 12.0 Å². The molecule has 0 radical (unpaired) electrons. The normalized spacial score (nSPS) is 12.2. The zero-order chi connectivity index (χ0) is 22.9. The summed E-state index contributed by atoms with van der Waals surface area (Å²) in [4.78, 5) is 24.1. The summed E-state index contributed by atoms with van der Waals surface area (Å²) in [5, 5.41) is 2.76. The van der Waals surface area contributed by atoms with E-state index in [4.69, 9.17) is 0 Å². The van der Waals surface area contributed by atoms with Gasteiger partial charge in [0.15, 0.2) is 0 Å². The minimum Gasteiger partial charge on any atom is -0.469 e. The second kappa shape index (κ2) is 12.2. The number of sulfonamides is 1. The van der Waals surface area contributed by atoms with Gasteiger partial charge in [-0.05, 0) is 66.8 Å². The lowest BCUT2D eigenvalue weighted by Gasteiger charge is -2.18. The quantitative estimate of drug-likeness (QED) is 0.432. The third kappa shape index (κ3) is 8.29. The Balaban J connectivity index is 2.07. The van der Waals surface area contributed by atoms with Crippen molar-refractivity contribution >= 4 is 55.3 Å². The Labute approximate surface area is 195 Å². The van der Waals surface area contributed by atoms with E-state index in [0.717, 1.165) is 10.0 Å². The van der Waals surface area contributed by atoms with E-state index in [1.54, 1.807) is 36.4 Å². The van der Waals surface area contributed by atoms with Crippen molar-refractivity contribution in [1.82, 2.24) is 4.72 Å². The Hall–Kier alpha value is -1.88. The van der Waals surface area contributed by atoms with Crippen LogP contribution in [0.25, 0.3) is 0 Å². The second-order valence-corrected chi connectivity index (χ2v) is 10.3. The molecular formula is C21H25BrN2O5S2. The molecule has 2 rings (SSSR count). The van der Waals surface area contributed by atoms with E-state index in [1.807, 2.05) is 6.26 Å². The lowest BCUT2D eigenvalue weighted by atomic mass is 10.1. The predicted octanol–water partition coefficient (Wildman–Crippen LogP) is 3.59. The highest BCUT2D eigenvalue weighted by Crippen LogP contribution is 2.17. The van der Waals surface area contributed by atoms with Gasteiger partial charge in [-0.3, -0.25) is 9.59 Å². The smallest absolute Gasteiger partial charge is 0.305 e. The zero-order valence-corrected chi connectivity index (χ0v) is 20.5. The molecule has 0 spiro atoms. The van der Waals surface area contributed by atoms with Crippen molar-refractivity contribution in [3.63, 3.8) is 0 Å². The number of halogens is 1. The van der Waals surface area contributed by atoms with E-state index in [0.29, 0.717) is 24.3 Å². The van der Waals surface area contributed by atoms with Gasteiger partial charge in [-0.2, -0.15) is 16.5 Å². The van der Waals surface area contributed by atoms with Gasteiger partial charge in [0, 0.05) is 16.6 Å². The van der Waals surface area contributed by atoms with Gasteiger partial charge in [-0.1, -0.05) is 28.1 Å². The number of carbonyl (C=O) groups excluding carboxylic acids is 2. The number of carbonyl (C=O) groups is 2. The van der Waals surface area contributed by atoms with Gasteiger partial charge in [0.2, 0.25) is 15.9 Å². The average molecular weight is 529 g/mol. The summed E-state index contributed by atoms with van der Waals surface area (Å²) in [6, 6.07) is 12.4. The van der Waals surface area contributed by atoms with Gasteiger partial charge in [-0.25, -0.2) is 8.42 Å². The van der Waals surface area contributed by atoms with Crippen LogP contribution in [0.5, 0.6) is 0 Å². The van der Waals surface area contributed by atoms with Crippen LogP contribution in [0.1, 0.15) is 18.4 Å². The van der Waals surface area contributed by atoms with Gasteiger partial charge in [0.1, 0.15) is 6.04 Å². The van der Waals surface area contributed by atoms with Crippen molar-refractivity contribution in [2.24, 2.45) is 0 Å². The van der Waals surface area contributed by atoms with Crippen LogP contribution >= 0.6 is 27.7 Å². The molecule has 168 valence electrons. The summed E-state index contributed by atoms with van der Waals surface area (Å²) in [6.07, 6.45) is 3.05. The Morgan fingerprint density at radius 2 is 1.74 bits per heavy atom. The molecule has 0 aliphatic carbocycles. The predicted molar refractivity (Wildman–Crippen MR) is 127 cm³/mol. The molecule has 2 N–H and O–H groups in total. The van der Waals surface area contributed by atoms with E-state index >= 15 is 0 Å². The number of benzene rings is 2. The SMILES string of the molecule is COC(=O)CCc1ccc(NC(=O)[C@H](CCSC)NS(=O)(=O)c2ccc(Br)cc2)cc1. The molecular weight excluding hydrogens is 504 g/mol. The van der Waals surface area contributed by atoms with Crippen LogP contribution in [0, 0.1) is 0 Å². The van der Waals surface area contributed by atoms with Crippen molar-refractivity contribution in [3.05, 3.63) is 58.6 Å². The fourth-order valence-electron chi connectivity index (χ4n) is 2.68. The van der Waals surface area contributed by atoms with Crippen LogP contribution in [0.2, 0.25) is 0 Å². The summed E-state index contributed by atoms with van der Waals surface area (Å²) in [6.45, 7) is 0. The van der Waals surface area contributed by atoms with Crippen molar-refractivity contribution < 1.29 is 22.7 Å². The van der Waals surface area contributed by atoms with Crippen molar-refractivity contribution in [3.8, 4) is 0 Å². The highest BCUT2D eigenvalue weighted by atomic mass is 79.9. The fourth-order valence-corrected chi connectivity index (χ4v) is 4.65. The molecule has 0 heterocycles.